The smallest absolute Gasteiger partial charge is 0.224 e. The number of aryl methyl sites for hydroxylation is 1. The molecule has 100 valence electrons. The number of rotatable bonds is 5. The Hall–Kier alpha value is -1.40. The van der Waals surface area contributed by atoms with Crippen molar-refractivity contribution in [3.8, 4) is 0 Å². The predicted octanol–water partition coefficient (Wildman–Crippen LogP) is 0.571. The summed E-state index contributed by atoms with van der Waals surface area (Å²) >= 11 is 0. The molecular formula is C12H21N5O. The van der Waals surface area contributed by atoms with Crippen molar-refractivity contribution in [2.24, 2.45) is 0 Å². The molecule has 0 unspecified atom stereocenters. The van der Waals surface area contributed by atoms with Crippen molar-refractivity contribution in [1.82, 2.24) is 14.9 Å². The molecule has 1 aliphatic rings. The van der Waals surface area contributed by atoms with Gasteiger partial charge in [0.2, 0.25) is 5.95 Å². The van der Waals surface area contributed by atoms with Gasteiger partial charge in [-0.15, -0.1) is 0 Å². The number of hydrogen-bond acceptors (Lipinski definition) is 6. The average Bonchev–Trinajstić information content (AvgIpc) is 2.39. The molecule has 6 heteroatoms. The fourth-order valence-electron chi connectivity index (χ4n) is 1.94. The van der Waals surface area contributed by atoms with E-state index in [2.05, 4.69) is 25.5 Å². The molecule has 2 N–H and O–H groups in total. The molecule has 1 aromatic heterocycles. The van der Waals surface area contributed by atoms with Gasteiger partial charge < -0.3 is 15.4 Å². The van der Waals surface area contributed by atoms with Gasteiger partial charge in [-0.3, -0.25) is 4.90 Å². The van der Waals surface area contributed by atoms with Crippen molar-refractivity contribution < 1.29 is 4.74 Å². The van der Waals surface area contributed by atoms with Crippen LogP contribution in [0.15, 0.2) is 6.07 Å². The number of aromatic nitrogens is 2. The van der Waals surface area contributed by atoms with E-state index in [0.717, 1.165) is 50.9 Å². The highest BCUT2D eigenvalue weighted by Gasteiger charge is 2.09. The molecule has 1 saturated heterocycles. The zero-order valence-corrected chi connectivity index (χ0v) is 11.1. The molecule has 0 spiro atoms. The van der Waals surface area contributed by atoms with Gasteiger partial charge in [0.05, 0.1) is 13.2 Å². The molecule has 0 aliphatic carbocycles. The molecule has 1 aliphatic heterocycles. The third kappa shape index (κ3) is 3.82. The second kappa shape index (κ2) is 6.51. The van der Waals surface area contributed by atoms with Crippen LogP contribution in [0.25, 0.3) is 0 Å². The SMILES string of the molecule is CNc1nc(C)cc(NCCN2CCOCC2)n1. The van der Waals surface area contributed by atoms with E-state index < -0.39 is 0 Å². The van der Waals surface area contributed by atoms with Gasteiger partial charge in [-0.1, -0.05) is 0 Å². The normalized spacial score (nSPS) is 16.6. The molecule has 2 rings (SSSR count). The Bertz CT molecular complexity index is 379. The van der Waals surface area contributed by atoms with Crippen LogP contribution in [0.4, 0.5) is 11.8 Å². The Morgan fingerprint density at radius 1 is 1.33 bits per heavy atom. The van der Waals surface area contributed by atoms with Crippen LogP contribution in [-0.4, -0.2) is 61.3 Å². The number of nitrogens with zero attached hydrogens (tertiary/aromatic N) is 3. The zero-order valence-electron chi connectivity index (χ0n) is 11.1. The van der Waals surface area contributed by atoms with Crippen LogP contribution in [0.1, 0.15) is 5.69 Å². The molecule has 18 heavy (non-hydrogen) atoms. The number of nitrogens with one attached hydrogen (secondary N) is 2. The molecule has 0 amide bonds. The standard InChI is InChI=1S/C12H21N5O/c1-10-9-11(16-12(13-2)15-10)14-3-4-17-5-7-18-8-6-17/h9H,3-8H2,1-2H3,(H2,13,14,15,16). The van der Waals surface area contributed by atoms with E-state index in [9.17, 15) is 0 Å². The lowest BCUT2D eigenvalue weighted by Gasteiger charge is -2.26. The van der Waals surface area contributed by atoms with Gasteiger partial charge in [0, 0.05) is 45.0 Å². The molecule has 0 bridgehead atoms. The Labute approximate surface area is 108 Å². The maximum absolute atomic E-state index is 5.32. The van der Waals surface area contributed by atoms with Crippen LogP contribution in [0, 0.1) is 6.92 Å². The summed E-state index contributed by atoms with van der Waals surface area (Å²) < 4.78 is 5.32. The molecule has 0 saturated carbocycles. The van der Waals surface area contributed by atoms with Gasteiger partial charge in [0.15, 0.2) is 0 Å². The van der Waals surface area contributed by atoms with Gasteiger partial charge in [0.25, 0.3) is 0 Å². The molecule has 0 aromatic carbocycles. The second-order valence-corrected chi connectivity index (χ2v) is 4.35. The topological polar surface area (TPSA) is 62.3 Å². The summed E-state index contributed by atoms with van der Waals surface area (Å²) in [7, 11) is 1.83. The van der Waals surface area contributed by atoms with Gasteiger partial charge >= 0.3 is 0 Å². The summed E-state index contributed by atoms with van der Waals surface area (Å²) in [5.41, 5.74) is 0.961. The average molecular weight is 251 g/mol. The number of anilines is 2. The Balaban J connectivity index is 1.80. The second-order valence-electron chi connectivity index (χ2n) is 4.35. The summed E-state index contributed by atoms with van der Waals surface area (Å²) in [5, 5.41) is 6.29. The highest BCUT2D eigenvalue weighted by molar-refractivity contribution is 5.41. The highest BCUT2D eigenvalue weighted by Crippen LogP contribution is 2.08. The largest absolute Gasteiger partial charge is 0.379 e. The summed E-state index contributed by atoms with van der Waals surface area (Å²) in [6, 6.07) is 1.96. The third-order valence-corrected chi connectivity index (χ3v) is 2.92. The first-order valence-corrected chi connectivity index (χ1v) is 6.35. The van der Waals surface area contributed by atoms with Gasteiger partial charge in [-0.05, 0) is 6.92 Å². The Kier molecular flexibility index (Phi) is 4.72. The minimum absolute atomic E-state index is 0.656. The van der Waals surface area contributed by atoms with E-state index in [1.807, 2.05) is 20.0 Å². The maximum atomic E-state index is 5.32. The zero-order chi connectivity index (χ0) is 12.8. The van der Waals surface area contributed by atoms with Crippen molar-refractivity contribution in [2.45, 2.75) is 6.92 Å². The summed E-state index contributed by atoms with van der Waals surface area (Å²) in [6.07, 6.45) is 0. The minimum Gasteiger partial charge on any atom is -0.379 e. The molecule has 1 aromatic rings. The van der Waals surface area contributed by atoms with E-state index in [1.165, 1.54) is 0 Å². The van der Waals surface area contributed by atoms with Crippen LogP contribution in [0.5, 0.6) is 0 Å². The molecule has 0 radical (unpaired) electrons. The lowest BCUT2D eigenvalue weighted by Crippen LogP contribution is -2.39. The Morgan fingerprint density at radius 2 is 2.11 bits per heavy atom. The maximum Gasteiger partial charge on any atom is 0.224 e. The minimum atomic E-state index is 0.656. The molecular weight excluding hydrogens is 230 g/mol. The van der Waals surface area contributed by atoms with Crippen LogP contribution in [-0.2, 0) is 4.74 Å². The van der Waals surface area contributed by atoms with Crippen molar-refractivity contribution >= 4 is 11.8 Å². The van der Waals surface area contributed by atoms with Crippen molar-refractivity contribution in [1.29, 1.82) is 0 Å². The van der Waals surface area contributed by atoms with Crippen LogP contribution >= 0.6 is 0 Å². The van der Waals surface area contributed by atoms with Gasteiger partial charge in [-0.2, -0.15) is 4.98 Å². The fourth-order valence-corrected chi connectivity index (χ4v) is 1.94. The Morgan fingerprint density at radius 3 is 2.83 bits per heavy atom. The third-order valence-electron chi connectivity index (χ3n) is 2.92. The first-order valence-electron chi connectivity index (χ1n) is 6.35. The van der Waals surface area contributed by atoms with Gasteiger partial charge in [0.1, 0.15) is 5.82 Å². The molecule has 6 nitrogen and oxygen atoms in total. The fraction of sp³-hybridized carbons (Fsp3) is 0.667. The summed E-state index contributed by atoms with van der Waals surface area (Å²) in [5.74, 6) is 1.53. The van der Waals surface area contributed by atoms with Crippen LogP contribution in [0.2, 0.25) is 0 Å². The quantitative estimate of drug-likeness (QED) is 0.798. The lowest BCUT2D eigenvalue weighted by atomic mass is 10.4. The van der Waals surface area contributed by atoms with E-state index in [-0.39, 0.29) is 0 Å². The van der Waals surface area contributed by atoms with Crippen LogP contribution in [0.3, 0.4) is 0 Å². The lowest BCUT2D eigenvalue weighted by molar-refractivity contribution is 0.0398. The molecule has 1 fully saturated rings. The first-order chi connectivity index (χ1) is 8.78. The number of hydrogen-bond donors (Lipinski definition) is 2. The first kappa shape index (κ1) is 13.0. The molecule has 0 atom stereocenters. The highest BCUT2D eigenvalue weighted by atomic mass is 16.5. The number of ether oxygens (including phenoxy) is 1. The van der Waals surface area contributed by atoms with Gasteiger partial charge in [-0.25, -0.2) is 4.98 Å². The monoisotopic (exact) mass is 251 g/mol. The van der Waals surface area contributed by atoms with E-state index in [0.29, 0.717) is 5.95 Å². The van der Waals surface area contributed by atoms with Crippen molar-refractivity contribution in [3.63, 3.8) is 0 Å². The van der Waals surface area contributed by atoms with E-state index in [1.54, 1.807) is 0 Å². The van der Waals surface area contributed by atoms with Crippen LogP contribution < -0.4 is 10.6 Å². The van der Waals surface area contributed by atoms with E-state index >= 15 is 0 Å². The molecule has 2 heterocycles. The van der Waals surface area contributed by atoms with Crippen molar-refractivity contribution in [3.05, 3.63) is 11.8 Å². The summed E-state index contributed by atoms with van der Waals surface area (Å²) in [6.45, 7) is 7.60. The summed E-state index contributed by atoms with van der Waals surface area (Å²) in [4.78, 5) is 11.0. The van der Waals surface area contributed by atoms with Crippen molar-refractivity contribution in [2.75, 3.05) is 57.1 Å². The number of morpholine rings is 1. The predicted molar refractivity (Wildman–Crippen MR) is 72.1 cm³/mol. The van der Waals surface area contributed by atoms with E-state index in [4.69, 9.17) is 4.74 Å².